The van der Waals surface area contributed by atoms with E-state index in [4.69, 9.17) is 4.74 Å². The molecule has 1 aliphatic heterocycles. The molecule has 0 fully saturated rings. The van der Waals surface area contributed by atoms with Crippen LogP contribution in [-0.4, -0.2) is 49.7 Å². The highest BCUT2D eigenvalue weighted by molar-refractivity contribution is 6.00. The highest BCUT2D eigenvalue weighted by Gasteiger charge is 2.32. The van der Waals surface area contributed by atoms with Gasteiger partial charge < -0.3 is 20.2 Å². The summed E-state index contributed by atoms with van der Waals surface area (Å²) in [5, 5.41) is 18.8. The zero-order chi connectivity index (χ0) is 24.5. The average Bonchev–Trinajstić information content (AvgIpc) is 3.42. The number of hydrazine groups is 1. The first-order valence-corrected chi connectivity index (χ1v) is 10.4. The lowest BCUT2D eigenvalue weighted by Crippen LogP contribution is -2.36. The van der Waals surface area contributed by atoms with E-state index in [1.807, 2.05) is 6.07 Å². The molecular formula is C23H18F2N6O4. The van der Waals surface area contributed by atoms with Gasteiger partial charge in [-0.15, -0.1) is 0 Å². The number of rotatable bonds is 7. The predicted octanol–water partition coefficient (Wildman–Crippen LogP) is 2.70. The number of aliphatic carboxylic acids is 1. The van der Waals surface area contributed by atoms with Gasteiger partial charge in [-0.1, -0.05) is 24.3 Å². The maximum Gasteiger partial charge on any atom is 0.387 e. The molecule has 0 saturated heterocycles. The van der Waals surface area contributed by atoms with E-state index in [0.29, 0.717) is 16.6 Å². The van der Waals surface area contributed by atoms with Crippen LogP contribution in [0.2, 0.25) is 0 Å². The van der Waals surface area contributed by atoms with E-state index in [2.05, 4.69) is 20.8 Å². The lowest BCUT2D eigenvalue weighted by Gasteiger charge is -2.22. The van der Waals surface area contributed by atoms with E-state index >= 15 is 0 Å². The van der Waals surface area contributed by atoms with Gasteiger partial charge in [0.05, 0.1) is 17.9 Å². The molecule has 0 aliphatic carbocycles. The number of hydrogen-bond donors (Lipinski definition) is 3. The Morgan fingerprint density at radius 2 is 1.97 bits per heavy atom. The van der Waals surface area contributed by atoms with Crippen molar-refractivity contribution in [3.8, 4) is 5.75 Å². The molecule has 35 heavy (non-hydrogen) atoms. The van der Waals surface area contributed by atoms with Crippen LogP contribution in [0.1, 0.15) is 22.0 Å². The molecule has 1 unspecified atom stereocenters. The van der Waals surface area contributed by atoms with Crippen molar-refractivity contribution in [2.45, 2.75) is 12.7 Å². The largest absolute Gasteiger partial charge is 0.480 e. The minimum atomic E-state index is -3.08. The number of fused-ring (bicyclic) bond motifs is 2. The Labute approximate surface area is 196 Å². The lowest BCUT2D eigenvalue weighted by molar-refractivity contribution is -0.138. The number of carboxylic acids is 1. The molecule has 1 amide bonds. The average molecular weight is 480 g/mol. The van der Waals surface area contributed by atoms with Crippen LogP contribution in [0.15, 0.2) is 73.0 Å². The minimum Gasteiger partial charge on any atom is -0.480 e. The fourth-order valence-corrected chi connectivity index (χ4v) is 3.94. The first kappa shape index (κ1) is 22.2. The molecule has 2 aromatic carbocycles. The first-order chi connectivity index (χ1) is 16.9. The van der Waals surface area contributed by atoms with Gasteiger partial charge >= 0.3 is 12.6 Å². The van der Waals surface area contributed by atoms with Crippen molar-refractivity contribution in [3.63, 3.8) is 0 Å². The molecule has 3 heterocycles. The maximum absolute atomic E-state index is 13.2. The molecule has 0 saturated carbocycles. The molecule has 1 aliphatic rings. The second-order valence-electron chi connectivity index (χ2n) is 7.68. The summed E-state index contributed by atoms with van der Waals surface area (Å²) in [5.74, 6) is -1.79. The van der Waals surface area contributed by atoms with Crippen LogP contribution >= 0.6 is 0 Å². The van der Waals surface area contributed by atoms with Gasteiger partial charge in [0.2, 0.25) is 0 Å². The summed E-state index contributed by atoms with van der Waals surface area (Å²) in [6.45, 7) is -3.52. The SMILES string of the molecule is O=C(O)CN1C=C(NC(=O)c2cnn3cccnc23)C(c2cc3ccccc3cc2OC(F)F)N1. The van der Waals surface area contributed by atoms with E-state index in [1.165, 1.54) is 34.2 Å². The topological polar surface area (TPSA) is 121 Å². The van der Waals surface area contributed by atoms with Gasteiger partial charge in [-0.25, -0.2) is 14.9 Å². The monoisotopic (exact) mass is 480 g/mol. The third-order valence-corrected chi connectivity index (χ3v) is 5.39. The Balaban J connectivity index is 1.54. The number of aromatic nitrogens is 3. The van der Waals surface area contributed by atoms with Crippen LogP contribution in [-0.2, 0) is 4.79 Å². The standard InChI is InChI=1S/C23H18F2N6O4/c24-23(25)35-18-9-14-5-2-1-4-13(14)8-15(18)20-17(11-30(29-20)12-19(32)33)28-22(34)16-10-27-31-7-3-6-26-21(16)31/h1-11,20,23,29H,12H2,(H,28,34)(H,32,33). The maximum atomic E-state index is 13.2. The number of alkyl halides is 2. The summed E-state index contributed by atoms with van der Waals surface area (Å²) >= 11 is 0. The molecule has 1 atom stereocenters. The van der Waals surface area contributed by atoms with Crippen LogP contribution in [0, 0.1) is 0 Å². The van der Waals surface area contributed by atoms with Crippen LogP contribution < -0.4 is 15.5 Å². The number of carboxylic acid groups (broad SMARTS) is 1. The zero-order valence-corrected chi connectivity index (χ0v) is 17.9. The van der Waals surface area contributed by atoms with Crippen LogP contribution in [0.4, 0.5) is 8.78 Å². The van der Waals surface area contributed by atoms with E-state index in [-0.39, 0.29) is 17.0 Å². The van der Waals surface area contributed by atoms with E-state index < -0.39 is 31.1 Å². The highest BCUT2D eigenvalue weighted by atomic mass is 19.3. The molecule has 0 bridgehead atoms. The molecule has 5 rings (SSSR count). The van der Waals surface area contributed by atoms with Crippen LogP contribution in [0.25, 0.3) is 16.4 Å². The number of hydrogen-bond acceptors (Lipinski definition) is 7. The molecule has 0 radical (unpaired) electrons. The third-order valence-electron chi connectivity index (χ3n) is 5.39. The van der Waals surface area contributed by atoms with E-state index in [9.17, 15) is 23.5 Å². The second-order valence-corrected chi connectivity index (χ2v) is 7.68. The van der Waals surface area contributed by atoms with Crippen molar-refractivity contribution >= 4 is 28.3 Å². The molecule has 3 N–H and O–H groups in total. The van der Waals surface area contributed by atoms with Gasteiger partial charge in [0.1, 0.15) is 17.9 Å². The first-order valence-electron chi connectivity index (χ1n) is 10.4. The fourth-order valence-electron chi connectivity index (χ4n) is 3.94. The van der Waals surface area contributed by atoms with E-state index in [0.717, 1.165) is 5.39 Å². The van der Waals surface area contributed by atoms with Crippen molar-refractivity contribution in [2.24, 2.45) is 0 Å². The van der Waals surface area contributed by atoms with Crippen molar-refractivity contribution in [3.05, 3.63) is 84.1 Å². The molecule has 2 aromatic heterocycles. The Morgan fingerprint density at radius 1 is 1.20 bits per heavy atom. The second kappa shape index (κ2) is 8.99. The Hall–Kier alpha value is -4.58. The Bertz CT molecular complexity index is 1470. The van der Waals surface area contributed by atoms with Crippen molar-refractivity contribution in [1.82, 2.24) is 30.3 Å². The lowest BCUT2D eigenvalue weighted by atomic mass is 9.99. The summed E-state index contributed by atoms with van der Waals surface area (Å²) in [7, 11) is 0. The number of benzene rings is 2. The number of nitrogens with zero attached hydrogens (tertiary/aromatic N) is 4. The summed E-state index contributed by atoms with van der Waals surface area (Å²) < 4.78 is 32.7. The fraction of sp³-hybridized carbons (Fsp3) is 0.130. The quantitative estimate of drug-likeness (QED) is 0.369. The molecular weight excluding hydrogens is 462 g/mol. The van der Waals surface area contributed by atoms with Gasteiger partial charge in [0.25, 0.3) is 5.91 Å². The smallest absolute Gasteiger partial charge is 0.387 e. The van der Waals surface area contributed by atoms with Crippen molar-refractivity contribution in [2.75, 3.05) is 6.54 Å². The summed E-state index contributed by atoms with van der Waals surface area (Å²) in [6, 6.07) is 11.1. The predicted molar refractivity (Wildman–Crippen MR) is 119 cm³/mol. The molecule has 12 heteroatoms. The third kappa shape index (κ3) is 4.46. The van der Waals surface area contributed by atoms with Crippen molar-refractivity contribution in [1.29, 1.82) is 0 Å². The number of ether oxygens (including phenoxy) is 1. The molecule has 10 nitrogen and oxygen atoms in total. The van der Waals surface area contributed by atoms with Gasteiger partial charge in [-0.2, -0.15) is 13.9 Å². The van der Waals surface area contributed by atoms with Crippen LogP contribution in [0.5, 0.6) is 5.75 Å². The zero-order valence-electron chi connectivity index (χ0n) is 17.9. The van der Waals surface area contributed by atoms with Gasteiger partial charge in [-0.3, -0.25) is 9.59 Å². The summed E-state index contributed by atoms with van der Waals surface area (Å²) in [6.07, 6.45) is 5.91. The van der Waals surface area contributed by atoms with Crippen LogP contribution in [0.3, 0.4) is 0 Å². The van der Waals surface area contributed by atoms with Gasteiger partial charge in [-0.05, 0) is 29.0 Å². The molecule has 178 valence electrons. The van der Waals surface area contributed by atoms with E-state index in [1.54, 1.807) is 36.5 Å². The number of halogens is 2. The molecule has 0 spiro atoms. The number of nitrogens with one attached hydrogen (secondary N) is 2. The Morgan fingerprint density at radius 3 is 2.71 bits per heavy atom. The summed E-state index contributed by atoms with van der Waals surface area (Å²) in [4.78, 5) is 28.6. The molecule has 4 aromatic rings. The number of carbonyl (C=O) groups excluding carboxylic acids is 1. The Kier molecular flexibility index (Phi) is 5.71. The summed E-state index contributed by atoms with van der Waals surface area (Å²) in [5.41, 5.74) is 3.98. The van der Waals surface area contributed by atoms with Crippen molar-refractivity contribution < 1.29 is 28.2 Å². The minimum absolute atomic E-state index is 0.105. The normalized spacial score (nSPS) is 15.6. The van der Waals surface area contributed by atoms with Gasteiger partial charge in [0, 0.05) is 24.2 Å². The number of amides is 1. The number of carbonyl (C=O) groups is 2. The highest BCUT2D eigenvalue weighted by Crippen LogP contribution is 2.36. The van der Waals surface area contributed by atoms with Gasteiger partial charge in [0.15, 0.2) is 5.65 Å².